The number of pyridine rings is 2. The Bertz CT molecular complexity index is 1980. The van der Waals surface area contributed by atoms with Crippen molar-refractivity contribution in [3.63, 3.8) is 0 Å². The number of carbonyl (C=O) groups excluding carboxylic acids is 4. The molecule has 0 saturated carbocycles. The van der Waals surface area contributed by atoms with Gasteiger partial charge in [-0.3, -0.25) is 19.2 Å². The summed E-state index contributed by atoms with van der Waals surface area (Å²) in [5, 5.41) is 29.5. The average Bonchev–Trinajstić information content (AvgIpc) is 3.99. The van der Waals surface area contributed by atoms with Crippen molar-refractivity contribution in [3.05, 3.63) is 60.2 Å². The maximum atomic E-state index is 12.3. The number of carbonyl (C=O) groups is 4. The molecule has 16 nitrogen and oxygen atoms in total. The van der Waals surface area contributed by atoms with E-state index in [1.54, 1.807) is 65.6 Å². The number of hydrogen-bond acceptors (Lipinski definition) is 14. The van der Waals surface area contributed by atoms with Gasteiger partial charge in [0.25, 0.3) is 11.8 Å². The Morgan fingerprint density at radius 3 is 1.67 bits per heavy atom. The zero-order valence-corrected chi connectivity index (χ0v) is 29.4. The smallest absolute Gasteiger partial charge is 0.269 e. The Hall–Kier alpha value is -5.98. The molecule has 51 heavy (non-hydrogen) atoms. The number of aromatic nitrogens is 4. The van der Waals surface area contributed by atoms with Gasteiger partial charge in [-0.1, -0.05) is 34.8 Å². The minimum Gasteiger partial charge on any atom is -0.354 e. The van der Waals surface area contributed by atoms with Crippen LogP contribution in [0.4, 0.5) is 10.3 Å². The molecule has 4 amide bonds. The van der Waals surface area contributed by atoms with Crippen LogP contribution in [0.1, 0.15) is 40.7 Å². The second kappa shape index (κ2) is 17.1. The predicted molar refractivity (Wildman–Crippen MR) is 190 cm³/mol. The lowest BCUT2D eigenvalue weighted by atomic mass is 10.1. The summed E-state index contributed by atoms with van der Waals surface area (Å²) in [5.41, 5.74) is 1.91. The third-order valence-corrected chi connectivity index (χ3v) is 9.78. The van der Waals surface area contributed by atoms with Crippen molar-refractivity contribution < 1.29 is 19.2 Å². The highest BCUT2D eigenvalue weighted by atomic mass is 32.1. The summed E-state index contributed by atoms with van der Waals surface area (Å²) in [5.74, 6) is -1.17. The van der Waals surface area contributed by atoms with Crippen molar-refractivity contribution in [3.8, 4) is 33.5 Å². The van der Waals surface area contributed by atoms with Crippen LogP contribution in [0.3, 0.4) is 0 Å². The molecule has 2 atom stereocenters. The highest BCUT2D eigenvalue weighted by Gasteiger charge is 2.29. The summed E-state index contributed by atoms with van der Waals surface area (Å²) in [6, 6.07) is 10.4. The second-order valence-electron chi connectivity index (χ2n) is 11.4. The fourth-order valence-corrected chi connectivity index (χ4v) is 6.80. The Balaban J connectivity index is 0.000000198. The van der Waals surface area contributed by atoms with E-state index in [4.69, 9.17) is 10.5 Å². The fourth-order valence-electron chi connectivity index (χ4n) is 5.22. The second-order valence-corrected chi connectivity index (χ2v) is 13.4. The van der Waals surface area contributed by atoms with E-state index in [-0.39, 0.29) is 35.5 Å². The monoisotopic (exact) mass is 726 g/mol. The van der Waals surface area contributed by atoms with Crippen LogP contribution < -0.4 is 21.3 Å². The third-order valence-electron chi connectivity index (χ3n) is 7.91. The molecule has 4 aromatic rings. The molecule has 2 saturated heterocycles. The highest BCUT2D eigenvalue weighted by molar-refractivity contribution is 7.19. The van der Waals surface area contributed by atoms with Gasteiger partial charge in [-0.25, -0.2) is 19.9 Å². The third kappa shape index (κ3) is 9.38. The predicted octanol–water partition coefficient (Wildman–Crippen LogP) is 3.00. The molecule has 0 radical (unpaired) electrons. The van der Waals surface area contributed by atoms with Gasteiger partial charge in [0.05, 0.1) is 33.0 Å². The van der Waals surface area contributed by atoms with Gasteiger partial charge in [0.1, 0.15) is 11.4 Å². The molecule has 2 fully saturated rings. The number of nitrogens with one attached hydrogen (secondary N) is 4. The first-order chi connectivity index (χ1) is 24.7. The van der Waals surface area contributed by atoms with Gasteiger partial charge >= 0.3 is 0 Å². The zero-order chi connectivity index (χ0) is 36.3. The normalized spacial score (nSPS) is 16.2. The minimum absolute atomic E-state index is 0.132. The molecule has 18 heteroatoms. The van der Waals surface area contributed by atoms with Gasteiger partial charge in [0.2, 0.25) is 11.8 Å². The molecule has 0 unspecified atom stereocenters. The van der Waals surface area contributed by atoms with Crippen LogP contribution in [0.15, 0.2) is 48.8 Å². The number of likely N-dealkylation sites (tertiary alicyclic amines) is 2. The van der Waals surface area contributed by atoms with Gasteiger partial charge in [-0.15, -0.1) is 0 Å². The van der Waals surface area contributed by atoms with E-state index in [9.17, 15) is 19.2 Å². The van der Waals surface area contributed by atoms with E-state index >= 15 is 0 Å². The SMILES string of the molecule is CCNC(=O)c1cccc(-c2cnc(NC(=O)[C@H]3CCN(C#N)C3)s2)n1.CNC(=O)c1cccc(-c2cnc(NC(=O)[C@H]3CCN(C#N)C3)s2)n1. The van der Waals surface area contributed by atoms with Crippen molar-refractivity contribution in [1.29, 1.82) is 10.5 Å². The zero-order valence-electron chi connectivity index (χ0n) is 27.8. The summed E-state index contributed by atoms with van der Waals surface area (Å²) in [6.07, 6.45) is 8.68. The Morgan fingerprint density at radius 2 is 1.25 bits per heavy atom. The molecule has 2 aliphatic heterocycles. The molecule has 0 aromatic carbocycles. The summed E-state index contributed by atoms with van der Waals surface area (Å²) in [7, 11) is 1.55. The molecule has 6 heterocycles. The first-order valence-corrected chi connectivity index (χ1v) is 17.6. The maximum absolute atomic E-state index is 12.3. The van der Waals surface area contributed by atoms with E-state index in [0.29, 0.717) is 78.6 Å². The van der Waals surface area contributed by atoms with Crippen LogP contribution in [0.5, 0.6) is 0 Å². The van der Waals surface area contributed by atoms with Gasteiger partial charge in [-0.2, -0.15) is 10.5 Å². The summed E-state index contributed by atoms with van der Waals surface area (Å²) in [4.78, 5) is 69.9. The van der Waals surface area contributed by atoms with Gasteiger partial charge in [-0.05, 0) is 44.0 Å². The van der Waals surface area contributed by atoms with Crippen molar-refractivity contribution in [2.24, 2.45) is 11.8 Å². The molecule has 0 bridgehead atoms. The molecule has 6 rings (SSSR count). The first-order valence-electron chi connectivity index (χ1n) is 16.0. The van der Waals surface area contributed by atoms with E-state index in [2.05, 4.69) is 53.6 Å². The minimum atomic E-state index is -0.261. The van der Waals surface area contributed by atoms with Crippen LogP contribution in [-0.4, -0.2) is 93.1 Å². The number of nitrogens with zero attached hydrogens (tertiary/aromatic N) is 8. The van der Waals surface area contributed by atoms with Crippen molar-refractivity contribution >= 4 is 56.6 Å². The molecule has 2 aliphatic rings. The lowest BCUT2D eigenvalue weighted by Gasteiger charge is -2.08. The summed E-state index contributed by atoms with van der Waals surface area (Å²) in [6.45, 7) is 4.47. The maximum Gasteiger partial charge on any atom is 0.269 e. The fraction of sp³-hybridized carbons (Fsp3) is 0.333. The number of anilines is 2. The molecular formula is C33H34N12O4S2. The van der Waals surface area contributed by atoms with Crippen molar-refractivity contribution in [2.75, 3.05) is 50.4 Å². The van der Waals surface area contributed by atoms with Crippen LogP contribution in [-0.2, 0) is 9.59 Å². The van der Waals surface area contributed by atoms with Crippen LogP contribution in [0, 0.1) is 34.7 Å². The molecule has 4 N–H and O–H groups in total. The highest BCUT2D eigenvalue weighted by Crippen LogP contribution is 2.30. The Labute approximate surface area is 301 Å². The van der Waals surface area contributed by atoms with E-state index in [0.717, 1.165) is 9.75 Å². The molecule has 0 aliphatic carbocycles. The van der Waals surface area contributed by atoms with Crippen LogP contribution in [0.25, 0.3) is 21.1 Å². The summed E-state index contributed by atoms with van der Waals surface area (Å²) < 4.78 is 0. The van der Waals surface area contributed by atoms with E-state index in [1.807, 2.05) is 6.92 Å². The Kier molecular flexibility index (Phi) is 12.2. The van der Waals surface area contributed by atoms with E-state index < -0.39 is 0 Å². The topological polar surface area (TPSA) is 222 Å². The number of nitriles is 2. The molecule has 262 valence electrons. The van der Waals surface area contributed by atoms with Crippen molar-refractivity contribution in [1.82, 2.24) is 40.4 Å². The standard InChI is InChI=1S/C17H18N6O2S.C16H16N6O2S/c1-2-19-16(25)13-5-3-4-12(21-13)14-8-20-17(26-14)22-15(24)11-6-7-23(9-11)10-18;1-18-15(24)12-4-2-3-11(20-12)13-7-19-16(25-13)21-14(23)10-5-6-22(8-10)9-17/h3-5,8,11H,2,6-7,9H2,1H3,(H,19,25)(H,20,22,24);2-4,7,10H,5-6,8H2,1H3,(H,18,24)(H,19,21,23)/t11-;10-/m00/s1. The number of amides is 4. The number of rotatable bonds is 9. The molecule has 0 spiro atoms. The van der Waals surface area contributed by atoms with Gasteiger partial charge in [0, 0.05) is 52.2 Å². The number of thiazole rings is 2. The Morgan fingerprint density at radius 1 is 0.784 bits per heavy atom. The molecule has 4 aromatic heterocycles. The largest absolute Gasteiger partial charge is 0.354 e. The number of hydrogen-bond donors (Lipinski definition) is 4. The lowest BCUT2D eigenvalue weighted by Crippen LogP contribution is -2.25. The van der Waals surface area contributed by atoms with E-state index in [1.165, 1.54) is 22.7 Å². The van der Waals surface area contributed by atoms with Crippen molar-refractivity contribution in [2.45, 2.75) is 19.8 Å². The van der Waals surface area contributed by atoms with Crippen LogP contribution >= 0.6 is 22.7 Å². The molecular weight excluding hydrogens is 693 g/mol. The summed E-state index contributed by atoms with van der Waals surface area (Å²) >= 11 is 2.59. The quantitative estimate of drug-likeness (QED) is 0.183. The average molecular weight is 727 g/mol. The van der Waals surface area contributed by atoms with Gasteiger partial charge < -0.3 is 31.1 Å². The van der Waals surface area contributed by atoms with Gasteiger partial charge in [0.15, 0.2) is 22.6 Å². The first kappa shape index (κ1) is 36.3. The lowest BCUT2D eigenvalue weighted by molar-refractivity contribution is -0.120. The van der Waals surface area contributed by atoms with Crippen LogP contribution in [0.2, 0.25) is 0 Å².